The molecule has 0 spiro atoms. The van der Waals surface area contributed by atoms with E-state index in [0.29, 0.717) is 11.6 Å². The van der Waals surface area contributed by atoms with E-state index in [1.165, 1.54) is 0 Å². The van der Waals surface area contributed by atoms with Crippen LogP contribution in [0.25, 0.3) is 28.2 Å². The molecule has 0 unspecified atom stereocenters. The third kappa shape index (κ3) is 3.75. The summed E-state index contributed by atoms with van der Waals surface area (Å²) in [6, 6.07) is 27.8. The lowest BCUT2D eigenvalue weighted by Gasteiger charge is -2.03. The maximum Gasteiger partial charge on any atom is 0.113 e. The second-order valence-electron chi connectivity index (χ2n) is 6.96. The molecular weight excluding hydrogens is 394 g/mol. The summed E-state index contributed by atoms with van der Waals surface area (Å²) >= 11 is 6.08. The number of rotatable bonds is 5. The lowest BCUT2D eigenvalue weighted by Crippen LogP contribution is -2.01. The van der Waals surface area contributed by atoms with E-state index in [1.807, 2.05) is 107 Å². The summed E-state index contributed by atoms with van der Waals surface area (Å²) in [6.45, 7) is 0.560. The maximum absolute atomic E-state index is 6.08. The molecule has 0 saturated heterocycles. The summed E-state index contributed by atoms with van der Waals surface area (Å²) in [4.78, 5) is 0. The SMILES string of the molecule is Clc1ccc(-c2nn(-c3ccccc3)cc2Cn2cc(-c3ccccc3)nn2)cc1. The first-order valence-corrected chi connectivity index (χ1v) is 9.99. The van der Waals surface area contributed by atoms with Crippen LogP contribution in [0.4, 0.5) is 0 Å². The van der Waals surface area contributed by atoms with Gasteiger partial charge >= 0.3 is 0 Å². The number of hydrogen-bond donors (Lipinski definition) is 0. The largest absolute Gasteiger partial charge is 0.247 e. The molecule has 5 rings (SSSR count). The molecule has 5 nitrogen and oxygen atoms in total. The van der Waals surface area contributed by atoms with Gasteiger partial charge in [-0.25, -0.2) is 9.36 Å². The molecule has 0 aliphatic carbocycles. The molecule has 0 N–H and O–H groups in total. The van der Waals surface area contributed by atoms with E-state index in [1.54, 1.807) is 0 Å². The minimum Gasteiger partial charge on any atom is -0.247 e. The predicted molar refractivity (Wildman–Crippen MR) is 119 cm³/mol. The normalized spacial score (nSPS) is 11.0. The van der Waals surface area contributed by atoms with Gasteiger partial charge in [-0.2, -0.15) is 5.10 Å². The lowest BCUT2D eigenvalue weighted by atomic mass is 10.1. The number of aromatic nitrogens is 5. The van der Waals surface area contributed by atoms with Crippen LogP contribution in [0.2, 0.25) is 5.02 Å². The number of para-hydroxylation sites is 1. The molecule has 0 atom stereocenters. The molecule has 0 saturated carbocycles. The smallest absolute Gasteiger partial charge is 0.113 e. The highest BCUT2D eigenvalue weighted by Crippen LogP contribution is 2.26. The molecule has 0 fully saturated rings. The van der Waals surface area contributed by atoms with Gasteiger partial charge in [0, 0.05) is 27.9 Å². The van der Waals surface area contributed by atoms with Crippen molar-refractivity contribution in [3.05, 3.63) is 108 Å². The quantitative estimate of drug-likeness (QED) is 0.383. The molecule has 0 aliphatic heterocycles. The highest BCUT2D eigenvalue weighted by Gasteiger charge is 2.14. The van der Waals surface area contributed by atoms with Crippen LogP contribution in [0.15, 0.2) is 97.3 Å². The fourth-order valence-corrected chi connectivity index (χ4v) is 3.51. The van der Waals surface area contributed by atoms with Crippen molar-refractivity contribution in [1.82, 2.24) is 24.8 Å². The Kier molecular flexibility index (Phi) is 4.87. The molecule has 0 amide bonds. The van der Waals surface area contributed by atoms with Crippen molar-refractivity contribution in [3.8, 4) is 28.2 Å². The van der Waals surface area contributed by atoms with Gasteiger partial charge in [0.1, 0.15) is 5.69 Å². The third-order valence-electron chi connectivity index (χ3n) is 4.87. The van der Waals surface area contributed by atoms with Crippen molar-refractivity contribution in [2.45, 2.75) is 6.54 Å². The van der Waals surface area contributed by atoms with Gasteiger partial charge in [-0.1, -0.05) is 77.5 Å². The van der Waals surface area contributed by atoms with Crippen LogP contribution >= 0.6 is 11.6 Å². The standard InChI is InChI=1S/C24H18ClN5/c25-21-13-11-19(12-14-21)24-20(16-30(27-24)22-9-5-2-6-10-22)15-29-17-23(26-28-29)18-7-3-1-4-8-18/h1-14,16-17H,15H2. The van der Waals surface area contributed by atoms with Crippen LogP contribution in [0.5, 0.6) is 0 Å². The Morgan fingerprint density at radius 2 is 1.43 bits per heavy atom. The summed E-state index contributed by atoms with van der Waals surface area (Å²) < 4.78 is 3.74. The average Bonchev–Trinajstić information content (AvgIpc) is 3.43. The second kappa shape index (κ2) is 7.97. The van der Waals surface area contributed by atoms with Crippen LogP contribution in [0.1, 0.15) is 5.56 Å². The first-order chi connectivity index (χ1) is 14.8. The minimum atomic E-state index is 0.560. The fraction of sp³-hybridized carbons (Fsp3) is 0.0417. The Hall–Kier alpha value is -3.70. The summed E-state index contributed by atoms with van der Waals surface area (Å²) in [6.07, 6.45) is 4.00. The third-order valence-corrected chi connectivity index (χ3v) is 5.12. The molecule has 2 heterocycles. The van der Waals surface area contributed by atoms with Crippen LogP contribution in [-0.4, -0.2) is 24.8 Å². The zero-order valence-electron chi connectivity index (χ0n) is 16.1. The summed E-state index contributed by atoms with van der Waals surface area (Å²) in [5.41, 5.74) is 5.84. The summed E-state index contributed by atoms with van der Waals surface area (Å²) in [5, 5.41) is 14.2. The van der Waals surface area contributed by atoms with Crippen molar-refractivity contribution in [2.24, 2.45) is 0 Å². The molecule has 146 valence electrons. The molecule has 0 radical (unpaired) electrons. The highest BCUT2D eigenvalue weighted by atomic mass is 35.5. The van der Waals surface area contributed by atoms with E-state index < -0.39 is 0 Å². The van der Waals surface area contributed by atoms with E-state index in [0.717, 1.165) is 33.8 Å². The summed E-state index contributed by atoms with van der Waals surface area (Å²) in [5.74, 6) is 0. The molecule has 0 bridgehead atoms. The van der Waals surface area contributed by atoms with Gasteiger partial charge in [-0.15, -0.1) is 5.10 Å². The highest BCUT2D eigenvalue weighted by molar-refractivity contribution is 6.30. The van der Waals surface area contributed by atoms with Crippen LogP contribution < -0.4 is 0 Å². The first kappa shape index (κ1) is 18.3. The van der Waals surface area contributed by atoms with Crippen LogP contribution in [0, 0.1) is 0 Å². The number of nitrogens with zero attached hydrogens (tertiary/aromatic N) is 5. The van der Waals surface area contributed by atoms with Gasteiger partial charge in [0.25, 0.3) is 0 Å². The van der Waals surface area contributed by atoms with Gasteiger partial charge in [0.2, 0.25) is 0 Å². The topological polar surface area (TPSA) is 48.5 Å². The molecule has 5 aromatic rings. The molecule has 30 heavy (non-hydrogen) atoms. The second-order valence-corrected chi connectivity index (χ2v) is 7.39. The van der Waals surface area contributed by atoms with Crippen LogP contribution in [-0.2, 0) is 6.54 Å². The first-order valence-electron chi connectivity index (χ1n) is 9.62. The Morgan fingerprint density at radius 3 is 2.17 bits per heavy atom. The zero-order valence-corrected chi connectivity index (χ0v) is 16.8. The molecule has 0 aliphatic rings. The van der Waals surface area contributed by atoms with Crippen molar-refractivity contribution in [3.63, 3.8) is 0 Å². The van der Waals surface area contributed by atoms with E-state index >= 15 is 0 Å². The maximum atomic E-state index is 6.08. The van der Waals surface area contributed by atoms with E-state index in [9.17, 15) is 0 Å². The van der Waals surface area contributed by atoms with Gasteiger partial charge < -0.3 is 0 Å². The number of halogens is 1. The molecule has 6 heteroatoms. The Labute approximate surface area is 179 Å². The fourth-order valence-electron chi connectivity index (χ4n) is 3.38. The Balaban J connectivity index is 1.53. The van der Waals surface area contributed by atoms with E-state index in [2.05, 4.69) is 10.3 Å². The molecule has 3 aromatic carbocycles. The van der Waals surface area contributed by atoms with Gasteiger partial charge in [-0.3, -0.25) is 0 Å². The van der Waals surface area contributed by atoms with Crippen molar-refractivity contribution in [1.29, 1.82) is 0 Å². The molecular formula is C24H18ClN5. The van der Waals surface area contributed by atoms with Crippen molar-refractivity contribution >= 4 is 11.6 Å². The van der Waals surface area contributed by atoms with Crippen molar-refractivity contribution < 1.29 is 0 Å². The zero-order chi connectivity index (χ0) is 20.3. The van der Waals surface area contributed by atoms with Gasteiger partial charge in [0.15, 0.2) is 0 Å². The van der Waals surface area contributed by atoms with E-state index in [4.69, 9.17) is 16.7 Å². The Morgan fingerprint density at radius 1 is 0.733 bits per heavy atom. The lowest BCUT2D eigenvalue weighted by molar-refractivity contribution is 0.650. The van der Waals surface area contributed by atoms with Gasteiger partial charge in [0.05, 0.1) is 24.1 Å². The van der Waals surface area contributed by atoms with Gasteiger partial charge in [-0.05, 0) is 24.3 Å². The predicted octanol–water partition coefficient (Wildman–Crippen LogP) is 5.50. The average molecular weight is 412 g/mol. The number of hydrogen-bond acceptors (Lipinski definition) is 3. The minimum absolute atomic E-state index is 0.560. The van der Waals surface area contributed by atoms with Crippen molar-refractivity contribution in [2.75, 3.05) is 0 Å². The Bertz CT molecular complexity index is 1260. The molecule has 2 aromatic heterocycles. The summed E-state index contributed by atoms with van der Waals surface area (Å²) in [7, 11) is 0. The monoisotopic (exact) mass is 411 g/mol. The van der Waals surface area contributed by atoms with E-state index in [-0.39, 0.29) is 0 Å². The van der Waals surface area contributed by atoms with Crippen LogP contribution in [0.3, 0.4) is 0 Å². The number of benzene rings is 3.